The highest BCUT2D eigenvalue weighted by Crippen LogP contribution is 2.21. The number of carbonyl (C=O) groups excluding carboxylic acids is 3. The van der Waals surface area contributed by atoms with E-state index >= 15 is 0 Å². The van der Waals surface area contributed by atoms with Crippen LogP contribution in [-0.4, -0.2) is 35.7 Å². The van der Waals surface area contributed by atoms with Crippen molar-refractivity contribution in [2.45, 2.75) is 27.2 Å². The van der Waals surface area contributed by atoms with Crippen LogP contribution in [0.15, 0.2) is 47.6 Å². The summed E-state index contributed by atoms with van der Waals surface area (Å²) >= 11 is 5.15. The van der Waals surface area contributed by atoms with Gasteiger partial charge >= 0.3 is 0 Å². The van der Waals surface area contributed by atoms with Crippen LogP contribution in [0, 0.1) is 19.8 Å². The smallest absolute Gasteiger partial charge is 0.277 e. The van der Waals surface area contributed by atoms with Gasteiger partial charge in [0.25, 0.3) is 11.8 Å². The SMILES string of the molecule is CCc1cc(C)cc(OCC(=O)N/N=C\[C@H]2C(=O)NC(=S)N(c3ccc(C)cc3)C2=O)c1. The van der Waals surface area contributed by atoms with E-state index in [1.54, 1.807) is 12.1 Å². The molecule has 0 bridgehead atoms. The lowest BCUT2D eigenvalue weighted by Crippen LogP contribution is -2.58. The second-order valence-corrected chi connectivity index (χ2v) is 7.78. The normalized spacial score (nSPS) is 16.3. The standard InChI is InChI=1S/C23H24N4O4S/c1-4-16-9-15(3)10-18(11-16)31-13-20(28)26-24-12-19-21(29)25-23(32)27(22(19)30)17-7-5-14(2)6-8-17/h5-12,19H,4,13H2,1-3H3,(H,26,28)(H,25,29,32)/b24-12-/t19-/m0/s1. The first-order valence-electron chi connectivity index (χ1n) is 10.1. The van der Waals surface area contributed by atoms with E-state index < -0.39 is 23.6 Å². The molecule has 0 spiro atoms. The molecule has 1 atom stereocenters. The molecule has 2 aromatic rings. The molecule has 0 aromatic heterocycles. The van der Waals surface area contributed by atoms with Gasteiger partial charge in [-0.3, -0.25) is 19.3 Å². The fraction of sp³-hybridized carbons (Fsp3) is 0.261. The maximum Gasteiger partial charge on any atom is 0.277 e. The summed E-state index contributed by atoms with van der Waals surface area (Å²) < 4.78 is 5.52. The van der Waals surface area contributed by atoms with Crippen molar-refractivity contribution < 1.29 is 19.1 Å². The minimum absolute atomic E-state index is 0.00413. The minimum Gasteiger partial charge on any atom is -0.484 e. The molecule has 32 heavy (non-hydrogen) atoms. The summed E-state index contributed by atoms with van der Waals surface area (Å²) in [4.78, 5) is 38.4. The number of carbonyl (C=O) groups is 3. The molecule has 3 rings (SSSR count). The van der Waals surface area contributed by atoms with Crippen LogP contribution < -0.4 is 20.4 Å². The van der Waals surface area contributed by atoms with Gasteiger partial charge in [0.1, 0.15) is 5.75 Å². The van der Waals surface area contributed by atoms with E-state index in [1.165, 1.54) is 4.90 Å². The lowest BCUT2D eigenvalue weighted by atomic mass is 10.1. The molecule has 1 saturated heterocycles. The highest BCUT2D eigenvalue weighted by atomic mass is 32.1. The molecule has 2 aromatic carbocycles. The molecule has 1 aliphatic heterocycles. The summed E-state index contributed by atoms with van der Waals surface area (Å²) in [7, 11) is 0. The number of aryl methyl sites for hydroxylation is 3. The van der Waals surface area contributed by atoms with Crippen molar-refractivity contribution in [3.8, 4) is 5.75 Å². The second kappa shape index (κ2) is 10.1. The van der Waals surface area contributed by atoms with Crippen molar-refractivity contribution in [3.63, 3.8) is 0 Å². The highest BCUT2D eigenvalue weighted by Gasteiger charge is 2.38. The monoisotopic (exact) mass is 452 g/mol. The lowest BCUT2D eigenvalue weighted by molar-refractivity contribution is -0.130. The Bertz CT molecular complexity index is 1080. The van der Waals surface area contributed by atoms with E-state index in [9.17, 15) is 14.4 Å². The minimum atomic E-state index is -1.23. The molecule has 1 heterocycles. The third kappa shape index (κ3) is 5.55. The number of thiocarbonyl (C=S) groups is 1. The molecule has 3 amide bonds. The second-order valence-electron chi connectivity index (χ2n) is 7.39. The Morgan fingerprint density at radius 3 is 2.59 bits per heavy atom. The summed E-state index contributed by atoms with van der Waals surface area (Å²) in [6.07, 6.45) is 1.94. The van der Waals surface area contributed by atoms with E-state index in [1.807, 2.05) is 45.0 Å². The zero-order valence-corrected chi connectivity index (χ0v) is 18.9. The van der Waals surface area contributed by atoms with Gasteiger partial charge in [-0.2, -0.15) is 5.10 Å². The summed E-state index contributed by atoms with van der Waals surface area (Å²) in [6.45, 7) is 5.66. The molecule has 0 radical (unpaired) electrons. The first-order valence-corrected chi connectivity index (χ1v) is 10.5. The molecule has 1 aliphatic rings. The Morgan fingerprint density at radius 2 is 1.91 bits per heavy atom. The van der Waals surface area contributed by atoms with Crippen molar-refractivity contribution >= 4 is 47.0 Å². The number of anilines is 1. The van der Waals surface area contributed by atoms with Gasteiger partial charge in [-0.25, -0.2) is 5.43 Å². The van der Waals surface area contributed by atoms with Gasteiger partial charge in [-0.05, 0) is 67.9 Å². The lowest BCUT2D eigenvalue weighted by Gasteiger charge is -2.30. The predicted molar refractivity (Wildman–Crippen MR) is 126 cm³/mol. The summed E-state index contributed by atoms with van der Waals surface area (Å²) in [5.41, 5.74) is 5.98. The molecule has 0 unspecified atom stereocenters. The van der Waals surface area contributed by atoms with Crippen LogP contribution in [0.4, 0.5) is 5.69 Å². The quantitative estimate of drug-likeness (QED) is 0.291. The van der Waals surface area contributed by atoms with Crippen LogP contribution in [0.2, 0.25) is 0 Å². The van der Waals surface area contributed by atoms with Gasteiger partial charge in [0.2, 0.25) is 5.91 Å². The maximum absolute atomic E-state index is 12.9. The molecule has 166 valence electrons. The van der Waals surface area contributed by atoms with E-state index in [4.69, 9.17) is 17.0 Å². The summed E-state index contributed by atoms with van der Waals surface area (Å²) in [5.74, 6) is -2.32. The Labute approximate surface area is 191 Å². The number of hydrogen-bond acceptors (Lipinski definition) is 6. The number of nitrogens with zero attached hydrogens (tertiary/aromatic N) is 2. The third-order valence-electron chi connectivity index (χ3n) is 4.80. The molecule has 9 heteroatoms. The third-order valence-corrected chi connectivity index (χ3v) is 5.08. The number of rotatable bonds is 7. The molecule has 0 aliphatic carbocycles. The zero-order valence-electron chi connectivity index (χ0n) is 18.0. The van der Waals surface area contributed by atoms with Gasteiger partial charge in [0, 0.05) is 6.21 Å². The van der Waals surface area contributed by atoms with Crippen LogP contribution in [0.25, 0.3) is 0 Å². The Balaban J connectivity index is 1.61. The van der Waals surface area contributed by atoms with Gasteiger partial charge in [0.05, 0.1) is 5.69 Å². The van der Waals surface area contributed by atoms with Crippen molar-refractivity contribution in [1.29, 1.82) is 0 Å². The van der Waals surface area contributed by atoms with Crippen LogP contribution in [0.3, 0.4) is 0 Å². The highest BCUT2D eigenvalue weighted by molar-refractivity contribution is 7.80. The largest absolute Gasteiger partial charge is 0.484 e. The topological polar surface area (TPSA) is 100 Å². The number of amides is 3. The molecular weight excluding hydrogens is 428 g/mol. The van der Waals surface area contributed by atoms with Gasteiger partial charge < -0.3 is 10.1 Å². The van der Waals surface area contributed by atoms with E-state index in [0.717, 1.165) is 29.3 Å². The summed E-state index contributed by atoms with van der Waals surface area (Å²) in [6, 6.07) is 12.9. The fourth-order valence-electron chi connectivity index (χ4n) is 3.14. The number of benzene rings is 2. The van der Waals surface area contributed by atoms with Crippen LogP contribution in [-0.2, 0) is 20.8 Å². The van der Waals surface area contributed by atoms with Crippen molar-refractivity contribution in [1.82, 2.24) is 10.7 Å². The zero-order chi connectivity index (χ0) is 23.3. The van der Waals surface area contributed by atoms with Gasteiger partial charge in [-0.15, -0.1) is 0 Å². The van der Waals surface area contributed by atoms with Crippen LogP contribution >= 0.6 is 12.2 Å². The van der Waals surface area contributed by atoms with Crippen molar-refractivity contribution in [2.24, 2.45) is 11.0 Å². The van der Waals surface area contributed by atoms with Crippen molar-refractivity contribution in [3.05, 3.63) is 59.2 Å². The van der Waals surface area contributed by atoms with Crippen molar-refractivity contribution in [2.75, 3.05) is 11.5 Å². The van der Waals surface area contributed by atoms with Gasteiger partial charge in [0.15, 0.2) is 17.6 Å². The van der Waals surface area contributed by atoms with Crippen LogP contribution in [0.5, 0.6) is 5.75 Å². The fourth-order valence-corrected chi connectivity index (χ4v) is 3.43. The molecule has 1 fully saturated rings. The molecule has 0 saturated carbocycles. The summed E-state index contributed by atoms with van der Waals surface area (Å²) in [5, 5.41) is 6.26. The van der Waals surface area contributed by atoms with Gasteiger partial charge in [-0.1, -0.05) is 30.7 Å². The van der Waals surface area contributed by atoms with E-state index in [0.29, 0.717) is 11.4 Å². The van der Waals surface area contributed by atoms with Crippen LogP contribution in [0.1, 0.15) is 23.6 Å². The predicted octanol–water partition coefficient (Wildman–Crippen LogP) is 2.41. The number of nitrogens with one attached hydrogen (secondary N) is 2. The average Bonchev–Trinajstić information content (AvgIpc) is 2.75. The van der Waals surface area contributed by atoms with E-state index in [-0.39, 0.29) is 11.7 Å². The Hall–Kier alpha value is -3.59. The molecular formula is C23H24N4O4S. The number of hydrogen-bond donors (Lipinski definition) is 2. The van der Waals surface area contributed by atoms with E-state index in [2.05, 4.69) is 21.9 Å². The molecule has 8 nitrogen and oxygen atoms in total. The number of hydrazone groups is 1. The first-order chi connectivity index (χ1) is 15.3. The Kier molecular flexibility index (Phi) is 7.32. The Morgan fingerprint density at radius 1 is 1.19 bits per heavy atom. The average molecular weight is 453 g/mol. The molecule has 2 N–H and O–H groups in total. The maximum atomic E-state index is 12.9. The first kappa shape index (κ1) is 23.1. The number of ether oxygens (including phenoxy) is 1.